The van der Waals surface area contributed by atoms with Crippen molar-refractivity contribution in [2.45, 2.75) is 13.5 Å². The molecule has 1 heterocycles. The van der Waals surface area contributed by atoms with Crippen molar-refractivity contribution in [1.82, 2.24) is 10.1 Å². The molecule has 0 amide bonds. The Kier molecular flexibility index (Phi) is 2.83. The van der Waals surface area contributed by atoms with Crippen molar-refractivity contribution in [3.63, 3.8) is 0 Å². The molecule has 80 valence electrons. The molecule has 0 aliphatic heterocycles. The van der Waals surface area contributed by atoms with Crippen molar-refractivity contribution in [2.24, 2.45) is 0 Å². The van der Waals surface area contributed by atoms with E-state index in [2.05, 4.69) is 21.5 Å². The molecule has 2 aromatic rings. The largest absolute Gasteiger partial charge is 0.334 e. The molecule has 1 aromatic heterocycles. The summed E-state index contributed by atoms with van der Waals surface area (Å²) in [6, 6.07) is 9.83. The molecule has 0 aliphatic rings. The smallest absolute Gasteiger partial charge is 0.321 e. The van der Waals surface area contributed by atoms with Crippen LogP contribution in [0.5, 0.6) is 0 Å². The topological polar surface area (TPSA) is 74.7 Å². The van der Waals surface area contributed by atoms with Gasteiger partial charge in [-0.1, -0.05) is 17.3 Å². The second-order valence-electron chi connectivity index (χ2n) is 3.31. The normalized spacial score (nSPS) is 9.75. The van der Waals surface area contributed by atoms with Crippen LogP contribution < -0.4 is 5.32 Å². The highest BCUT2D eigenvalue weighted by molar-refractivity contribution is 5.34. The van der Waals surface area contributed by atoms with E-state index in [0.717, 1.165) is 5.56 Å². The standard InChI is InChI=1S/C11H10N4O/c1-8-14-11(16-15-8)13-7-10-4-2-3-9(5-10)6-12/h2-5H,7H2,1H3,(H,13,14,15). The molecule has 0 saturated heterocycles. The van der Waals surface area contributed by atoms with E-state index in [-0.39, 0.29) is 0 Å². The molecule has 1 aromatic carbocycles. The second-order valence-corrected chi connectivity index (χ2v) is 3.31. The van der Waals surface area contributed by atoms with Gasteiger partial charge in [-0.2, -0.15) is 10.2 Å². The Morgan fingerprint density at radius 2 is 2.38 bits per heavy atom. The van der Waals surface area contributed by atoms with E-state index < -0.39 is 0 Å². The number of aryl methyl sites for hydroxylation is 1. The van der Waals surface area contributed by atoms with Gasteiger partial charge in [-0.15, -0.1) is 0 Å². The quantitative estimate of drug-likeness (QED) is 0.844. The van der Waals surface area contributed by atoms with E-state index in [1.54, 1.807) is 13.0 Å². The van der Waals surface area contributed by atoms with Gasteiger partial charge in [-0.3, -0.25) is 0 Å². The summed E-state index contributed by atoms with van der Waals surface area (Å²) in [5.41, 5.74) is 1.64. The van der Waals surface area contributed by atoms with Crippen molar-refractivity contribution < 1.29 is 4.52 Å². The Balaban J connectivity index is 2.02. The molecule has 0 unspecified atom stereocenters. The van der Waals surface area contributed by atoms with Crippen LogP contribution in [0.1, 0.15) is 17.0 Å². The van der Waals surface area contributed by atoms with E-state index in [9.17, 15) is 0 Å². The summed E-state index contributed by atoms with van der Waals surface area (Å²) in [6.07, 6.45) is 0. The van der Waals surface area contributed by atoms with Crippen LogP contribution in [0.15, 0.2) is 28.8 Å². The summed E-state index contributed by atoms with van der Waals surface area (Å²) in [5, 5.41) is 15.4. The Labute approximate surface area is 92.7 Å². The fourth-order valence-electron chi connectivity index (χ4n) is 1.30. The molecule has 1 N–H and O–H groups in total. The van der Waals surface area contributed by atoms with Crippen molar-refractivity contribution in [1.29, 1.82) is 5.26 Å². The first-order valence-electron chi connectivity index (χ1n) is 4.81. The lowest BCUT2D eigenvalue weighted by molar-refractivity contribution is 0.425. The van der Waals surface area contributed by atoms with Gasteiger partial charge in [0.1, 0.15) is 0 Å². The van der Waals surface area contributed by atoms with Crippen molar-refractivity contribution in [2.75, 3.05) is 5.32 Å². The third kappa shape index (κ3) is 2.36. The van der Waals surface area contributed by atoms with Crippen LogP contribution >= 0.6 is 0 Å². The van der Waals surface area contributed by atoms with E-state index >= 15 is 0 Å². The molecular formula is C11H10N4O. The molecule has 0 saturated carbocycles. The van der Waals surface area contributed by atoms with Gasteiger partial charge < -0.3 is 9.84 Å². The van der Waals surface area contributed by atoms with Crippen LogP contribution in [-0.4, -0.2) is 10.1 Å². The van der Waals surface area contributed by atoms with Gasteiger partial charge in [0.2, 0.25) is 0 Å². The molecular weight excluding hydrogens is 204 g/mol. The summed E-state index contributed by atoms with van der Waals surface area (Å²) in [5.74, 6) is 0.591. The summed E-state index contributed by atoms with van der Waals surface area (Å²) >= 11 is 0. The zero-order valence-corrected chi connectivity index (χ0v) is 8.77. The van der Waals surface area contributed by atoms with E-state index in [4.69, 9.17) is 9.78 Å². The van der Waals surface area contributed by atoms with Gasteiger partial charge in [-0.05, 0) is 24.6 Å². The first-order chi connectivity index (χ1) is 7.78. The fraction of sp³-hybridized carbons (Fsp3) is 0.182. The average molecular weight is 214 g/mol. The lowest BCUT2D eigenvalue weighted by Gasteiger charge is -2.01. The van der Waals surface area contributed by atoms with E-state index in [1.165, 1.54) is 0 Å². The maximum absolute atomic E-state index is 8.74. The maximum atomic E-state index is 8.74. The number of aromatic nitrogens is 2. The Morgan fingerprint density at radius 1 is 1.50 bits per heavy atom. The molecule has 16 heavy (non-hydrogen) atoms. The Hall–Kier alpha value is -2.35. The molecule has 0 bridgehead atoms. The Bertz CT molecular complexity index is 527. The highest BCUT2D eigenvalue weighted by Gasteiger charge is 2.01. The number of benzene rings is 1. The first kappa shape index (κ1) is 10.2. The zero-order valence-electron chi connectivity index (χ0n) is 8.77. The van der Waals surface area contributed by atoms with Crippen LogP contribution in [-0.2, 0) is 6.54 Å². The third-order valence-electron chi connectivity index (χ3n) is 2.03. The predicted octanol–water partition coefficient (Wildman–Crippen LogP) is 1.86. The van der Waals surface area contributed by atoms with E-state index in [0.29, 0.717) is 23.9 Å². The SMILES string of the molecule is Cc1noc(NCc2cccc(C#N)c2)n1. The molecule has 0 aliphatic carbocycles. The van der Waals surface area contributed by atoms with Crippen molar-refractivity contribution >= 4 is 6.01 Å². The van der Waals surface area contributed by atoms with Crippen LogP contribution in [0, 0.1) is 18.3 Å². The number of nitriles is 1. The molecule has 0 fully saturated rings. The highest BCUT2D eigenvalue weighted by Crippen LogP contribution is 2.08. The first-order valence-corrected chi connectivity index (χ1v) is 4.81. The summed E-state index contributed by atoms with van der Waals surface area (Å²) in [4.78, 5) is 4.01. The van der Waals surface area contributed by atoms with E-state index in [1.807, 2.05) is 18.2 Å². The van der Waals surface area contributed by atoms with Crippen LogP contribution in [0.25, 0.3) is 0 Å². The number of hydrogen-bond donors (Lipinski definition) is 1. The third-order valence-corrected chi connectivity index (χ3v) is 2.03. The van der Waals surface area contributed by atoms with Crippen LogP contribution in [0.3, 0.4) is 0 Å². The fourth-order valence-corrected chi connectivity index (χ4v) is 1.30. The zero-order chi connectivity index (χ0) is 11.4. The summed E-state index contributed by atoms with van der Waals surface area (Å²) in [6.45, 7) is 2.31. The molecule has 2 rings (SSSR count). The lowest BCUT2D eigenvalue weighted by Crippen LogP contribution is -1.99. The maximum Gasteiger partial charge on any atom is 0.321 e. The minimum Gasteiger partial charge on any atom is -0.334 e. The number of anilines is 1. The van der Waals surface area contributed by atoms with Gasteiger partial charge in [0, 0.05) is 6.54 Å². The van der Waals surface area contributed by atoms with Gasteiger partial charge in [0.15, 0.2) is 5.82 Å². The average Bonchev–Trinajstić information content (AvgIpc) is 2.73. The number of rotatable bonds is 3. The monoisotopic (exact) mass is 214 g/mol. The molecule has 5 nitrogen and oxygen atoms in total. The van der Waals surface area contributed by atoms with Crippen LogP contribution in [0.2, 0.25) is 0 Å². The van der Waals surface area contributed by atoms with Crippen molar-refractivity contribution in [3.05, 3.63) is 41.2 Å². The van der Waals surface area contributed by atoms with Gasteiger partial charge in [-0.25, -0.2) is 0 Å². The second kappa shape index (κ2) is 4.45. The number of hydrogen-bond acceptors (Lipinski definition) is 5. The van der Waals surface area contributed by atoms with Gasteiger partial charge >= 0.3 is 6.01 Å². The lowest BCUT2D eigenvalue weighted by atomic mass is 10.1. The minimum atomic E-state index is 0.389. The molecule has 0 spiro atoms. The van der Waals surface area contributed by atoms with Crippen molar-refractivity contribution in [3.8, 4) is 6.07 Å². The minimum absolute atomic E-state index is 0.389. The Morgan fingerprint density at radius 3 is 3.06 bits per heavy atom. The number of nitrogens with zero attached hydrogens (tertiary/aromatic N) is 3. The highest BCUT2D eigenvalue weighted by atomic mass is 16.5. The summed E-state index contributed by atoms with van der Waals surface area (Å²) in [7, 11) is 0. The predicted molar refractivity (Wildman–Crippen MR) is 57.5 cm³/mol. The summed E-state index contributed by atoms with van der Waals surface area (Å²) < 4.78 is 4.91. The van der Waals surface area contributed by atoms with Gasteiger partial charge in [0.05, 0.1) is 11.6 Å². The number of nitrogens with one attached hydrogen (secondary N) is 1. The molecule has 0 atom stereocenters. The molecule has 5 heteroatoms. The van der Waals surface area contributed by atoms with Crippen LogP contribution in [0.4, 0.5) is 6.01 Å². The van der Waals surface area contributed by atoms with Gasteiger partial charge in [0.25, 0.3) is 0 Å². The molecule has 0 radical (unpaired) electrons.